The van der Waals surface area contributed by atoms with E-state index >= 15 is 0 Å². The summed E-state index contributed by atoms with van der Waals surface area (Å²) in [5.41, 5.74) is 0.762. The minimum Gasteiger partial charge on any atom is -0.293 e. The van der Waals surface area contributed by atoms with Crippen molar-refractivity contribution >= 4 is 29.2 Å². The fraction of sp³-hybridized carbons (Fsp3) is 0.0833. The molecule has 0 N–H and O–H groups in total. The van der Waals surface area contributed by atoms with E-state index in [-0.39, 0.29) is 11.5 Å². The van der Waals surface area contributed by atoms with E-state index in [1.807, 2.05) is 42.5 Å². The molecule has 0 saturated carbocycles. The summed E-state index contributed by atoms with van der Waals surface area (Å²) < 4.78 is 0. The number of hydrogen-bond donors (Lipinski definition) is 1. The maximum Gasteiger partial charge on any atom is 0.173 e. The van der Waals surface area contributed by atoms with Crippen LogP contribution < -0.4 is 0 Å². The summed E-state index contributed by atoms with van der Waals surface area (Å²) in [7, 11) is 0. The molecular formula is C12H10OS. The van der Waals surface area contributed by atoms with Gasteiger partial charge in [-0.05, 0) is 10.8 Å². The predicted octanol–water partition coefficient (Wildman–Crippen LogP) is 2.95. The molecule has 0 aromatic heterocycles. The Kier molecular flexibility index (Phi) is 2.55. The van der Waals surface area contributed by atoms with Crippen LogP contribution in [0.3, 0.4) is 0 Å². The van der Waals surface area contributed by atoms with Crippen molar-refractivity contribution in [3.05, 3.63) is 48.0 Å². The fourth-order valence-corrected chi connectivity index (χ4v) is 1.72. The van der Waals surface area contributed by atoms with Gasteiger partial charge in [0.1, 0.15) is 0 Å². The van der Waals surface area contributed by atoms with Crippen LogP contribution >= 0.6 is 12.6 Å². The van der Waals surface area contributed by atoms with Crippen LogP contribution in [-0.4, -0.2) is 11.5 Å². The molecule has 2 heteroatoms. The Labute approximate surface area is 88.2 Å². The molecule has 0 unspecified atom stereocenters. The summed E-state index contributed by atoms with van der Waals surface area (Å²) in [6.07, 6.45) is 0. The van der Waals surface area contributed by atoms with Crippen molar-refractivity contribution in [1.29, 1.82) is 0 Å². The van der Waals surface area contributed by atoms with E-state index in [1.165, 1.54) is 0 Å². The van der Waals surface area contributed by atoms with Gasteiger partial charge in [0.15, 0.2) is 5.78 Å². The topological polar surface area (TPSA) is 17.1 Å². The van der Waals surface area contributed by atoms with Gasteiger partial charge in [-0.25, -0.2) is 0 Å². The quantitative estimate of drug-likeness (QED) is 0.585. The smallest absolute Gasteiger partial charge is 0.173 e. The van der Waals surface area contributed by atoms with Crippen LogP contribution in [-0.2, 0) is 0 Å². The number of Topliss-reactive ketones (excluding diaryl/α,β-unsaturated/α-hetero) is 1. The van der Waals surface area contributed by atoms with Gasteiger partial charge in [-0.15, -0.1) is 0 Å². The molecular weight excluding hydrogens is 192 g/mol. The van der Waals surface area contributed by atoms with Crippen molar-refractivity contribution in [3.63, 3.8) is 0 Å². The third-order valence-corrected chi connectivity index (χ3v) is 2.52. The van der Waals surface area contributed by atoms with Crippen LogP contribution in [0, 0.1) is 0 Å². The first kappa shape index (κ1) is 9.28. The van der Waals surface area contributed by atoms with Crippen molar-refractivity contribution in [2.75, 3.05) is 5.75 Å². The fourth-order valence-electron chi connectivity index (χ4n) is 1.55. The second-order valence-corrected chi connectivity index (χ2v) is 3.42. The van der Waals surface area contributed by atoms with Crippen LogP contribution in [0.4, 0.5) is 0 Å². The zero-order valence-corrected chi connectivity index (χ0v) is 8.50. The van der Waals surface area contributed by atoms with Gasteiger partial charge in [0.2, 0.25) is 0 Å². The van der Waals surface area contributed by atoms with E-state index < -0.39 is 0 Å². The maximum atomic E-state index is 11.6. The molecule has 0 saturated heterocycles. The minimum absolute atomic E-state index is 0.0742. The van der Waals surface area contributed by atoms with Gasteiger partial charge in [-0.3, -0.25) is 4.79 Å². The van der Waals surface area contributed by atoms with Crippen molar-refractivity contribution in [3.8, 4) is 0 Å². The highest BCUT2D eigenvalue weighted by Crippen LogP contribution is 2.18. The normalized spacial score (nSPS) is 10.4. The number of ketones is 1. The molecule has 0 fully saturated rings. The van der Waals surface area contributed by atoms with Crippen molar-refractivity contribution in [2.24, 2.45) is 0 Å². The highest BCUT2D eigenvalue weighted by molar-refractivity contribution is 7.81. The zero-order chi connectivity index (χ0) is 9.97. The summed E-state index contributed by atoms with van der Waals surface area (Å²) in [6.45, 7) is 0. The molecule has 0 atom stereocenters. The van der Waals surface area contributed by atoms with Crippen LogP contribution in [0.2, 0.25) is 0 Å². The van der Waals surface area contributed by atoms with Gasteiger partial charge in [-0.1, -0.05) is 42.5 Å². The summed E-state index contributed by atoms with van der Waals surface area (Å²) in [5.74, 6) is 0.332. The predicted molar refractivity (Wildman–Crippen MR) is 62.1 cm³/mol. The molecule has 70 valence electrons. The monoisotopic (exact) mass is 202 g/mol. The summed E-state index contributed by atoms with van der Waals surface area (Å²) in [5, 5.41) is 2.11. The molecule has 0 bridgehead atoms. The lowest BCUT2D eigenvalue weighted by molar-refractivity contribution is 0.102. The first-order chi connectivity index (χ1) is 6.83. The molecule has 1 nitrogen and oxygen atoms in total. The van der Waals surface area contributed by atoms with Crippen LogP contribution in [0.5, 0.6) is 0 Å². The first-order valence-electron chi connectivity index (χ1n) is 4.45. The van der Waals surface area contributed by atoms with Crippen LogP contribution in [0.1, 0.15) is 10.4 Å². The number of fused-ring (bicyclic) bond motifs is 1. The van der Waals surface area contributed by atoms with E-state index in [2.05, 4.69) is 12.6 Å². The zero-order valence-electron chi connectivity index (χ0n) is 7.60. The lowest BCUT2D eigenvalue weighted by Crippen LogP contribution is -2.00. The van der Waals surface area contributed by atoms with Gasteiger partial charge in [0.25, 0.3) is 0 Å². The van der Waals surface area contributed by atoms with Crippen LogP contribution in [0.25, 0.3) is 10.8 Å². The van der Waals surface area contributed by atoms with Gasteiger partial charge in [0, 0.05) is 5.56 Å². The average Bonchev–Trinajstić information content (AvgIpc) is 2.27. The molecule has 0 radical (unpaired) electrons. The highest BCUT2D eigenvalue weighted by Gasteiger charge is 2.06. The Balaban J connectivity index is 2.71. The Morgan fingerprint density at radius 2 is 1.79 bits per heavy atom. The molecule has 0 amide bonds. The lowest BCUT2D eigenvalue weighted by atomic mass is 10.0. The van der Waals surface area contributed by atoms with E-state index in [4.69, 9.17) is 0 Å². The Bertz CT molecular complexity index is 471. The van der Waals surface area contributed by atoms with Gasteiger partial charge < -0.3 is 0 Å². The molecule has 0 aliphatic rings. The van der Waals surface area contributed by atoms with Gasteiger partial charge >= 0.3 is 0 Å². The molecule has 2 aromatic carbocycles. The Morgan fingerprint density at radius 3 is 2.57 bits per heavy atom. The number of rotatable bonds is 2. The Morgan fingerprint density at radius 1 is 1.07 bits per heavy atom. The maximum absolute atomic E-state index is 11.6. The lowest BCUT2D eigenvalue weighted by Gasteiger charge is -2.03. The minimum atomic E-state index is 0.0742. The number of carbonyl (C=O) groups excluding carboxylic acids is 1. The largest absolute Gasteiger partial charge is 0.293 e. The number of thiol groups is 1. The van der Waals surface area contributed by atoms with E-state index in [9.17, 15) is 4.79 Å². The number of carbonyl (C=O) groups is 1. The number of hydrogen-bond acceptors (Lipinski definition) is 2. The average molecular weight is 202 g/mol. The van der Waals surface area contributed by atoms with E-state index in [1.54, 1.807) is 0 Å². The molecule has 0 spiro atoms. The van der Waals surface area contributed by atoms with Gasteiger partial charge in [-0.2, -0.15) is 12.6 Å². The molecule has 0 heterocycles. The van der Waals surface area contributed by atoms with Crippen molar-refractivity contribution < 1.29 is 4.79 Å². The summed E-state index contributed by atoms with van der Waals surface area (Å²) in [4.78, 5) is 11.6. The third kappa shape index (κ3) is 1.53. The van der Waals surface area contributed by atoms with Crippen molar-refractivity contribution in [2.45, 2.75) is 0 Å². The Hall–Kier alpha value is -1.28. The molecule has 0 aliphatic carbocycles. The second kappa shape index (κ2) is 3.84. The summed E-state index contributed by atoms with van der Waals surface area (Å²) >= 11 is 4.00. The molecule has 14 heavy (non-hydrogen) atoms. The summed E-state index contributed by atoms with van der Waals surface area (Å²) in [6, 6.07) is 13.6. The molecule has 2 aromatic rings. The molecule has 0 aliphatic heterocycles. The van der Waals surface area contributed by atoms with Gasteiger partial charge in [0.05, 0.1) is 5.75 Å². The first-order valence-corrected chi connectivity index (χ1v) is 5.08. The molecule has 2 rings (SSSR count). The third-order valence-electron chi connectivity index (χ3n) is 2.23. The second-order valence-electron chi connectivity index (χ2n) is 3.11. The highest BCUT2D eigenvalue weighted by atomic mass is 32.1. The standard InChI is InChI=1S/C12H10OS/c13-12(8-14)11-7-3-5-9-4-1-2-6-10(9)11/h1-7,14H,8H2. The van der Waals surface area contributed by atoms with E-state index in [0.717, 1.165) is 16.3 Å². The van der Waals surface area contributed by atoms with Crippen molar-refractivity contribution in [1.82, 2.24) is 0 Å². The number of benzene rings is 2. The van der Waals surface area contributed by atoms with E-state index in [0.29, 0.717) is 0 Å². The SMILES string of the molecule is O=C(CS)c1cccc2ccccc12. The van der Waals surface area contributed by atoms with Crippen LogP contribution in [0.15, 0.2) is 42.5 Å².